The summed E-state index contributed by atoms with van der Waals surface area (Å²) in [6.45, 7) is 2.22. The van der Waals surface area contributed by atoms with Crippen molar-refractivity contribution in [3.8, 4) is 22.8 Å². The summed E-state index contributed by atoms with van der Waals surface area (Å²) in [7, 11) is 2.08. The Kier molecular flexibility index (Phi) is 4.49. The number of allylic oxidation sites excluding steroid dienone is 4. The largest absolute Gasteiger partial charge is 0.209 e. The van der Waals surface area contributed by atoms with Crippen LogP contribution in [0.3, 0.4) is 0 Å². The van der Waals surface area contributed by atoms with E-state index in [0.717, 1.165) is 35.0 Å². The quantitative estimate of drug-likeness (QED) is 0.687. The molecule has 1 aliphatic rings. The molecule has 0 fully saturated rings. The second kappa shape index (κ2) is 7.08. The van der Waals surface area contributed by atoms with Gasteiger partial charge in [0.15, 0.2) is 17.5 Å². The van der Waals surface area contributed by atoms with E-state index in [1.807, 2.05) is 36.4 Å². The Morgan fingerprint density at radius 3 is 2.27 bits per heavy atom. The van der Waals surface area contributed by atoms with Gasteiger partial charge >= 0.3 is 0 Å². The van der Waals surface area contributed by atoms with Crippen molar-refractivity contribution in [1.82, 2.24) is 15.0 Å². The Morgan fingerprint density at radius 1 is 0.846 bits per heavy atom. The molecule has 26 heavy (non-hydrogen) atoms. The van der Waals surface area contributed by atoms with Crippen molar-refractivity contribution >= 4 is 18.9 Å². The van der Waals surface area contributed by atoms with Gasteiger partial charge in [-0.1, -0.05) is 85.2 Å². The van der Waals surface area contributed by atoms with E-state index in [-0.39, 0.29) is 0 Å². The summed E-state index contributed by atoms with van der Waals surface area (Å²) in [5, 5.41) is 0. The third kappa shape index (κ3) is 3.36. The van der Waals surface area contributed by atoms with E-state index in [1.54, 1.807) is 0 Å². The van der Waals surface area contributed by atoms with Crippen molar-refractivity contribution < 1.29 is 0 Å². The summed E-state index contributed by atoms with van der Waals surface area (Å²) in [6.07, 6.45) is 7.42. The summed E-state index contributed by atoms with van der Waals surface area (Å²) in [5.74, 6) is 2.61. The summed E-state index contributed by atoms with van der Waals surface area (Å²) in [6, 6.07) is 18.4. The number of hydrogen-bond donors (Lipinski definition) is 0. The molecule has 1 aliphatic carbocycles. The molecule has 2 aromatic carbocycles. The maximum Gasteiger partial charge on any atom is 0.164 e. The average Bonchev–Trinajstić information content (AvgIpc) is 2.69. The molecule has 0 amide bonds. The molecule has 0 saturated carbocycles. The van der Waals surface area contributed by atoms with Crippen molar-refractivity contribution in [2.24, 2.45) is 5.92 Å². The van der Waals surface area contributed by atoms with Crippen LogP contribution in [-0.2, 0) is 0 Å². The molecule has 0 aliphatic heterocycles. The molecule has 1 heterocycles. The molecular weight excluding hydrogens is 317 g/mol. The first-order valence-corrected chi connectivity index (χ1v) is 8.96. The van der Waals surface area contributed by atoms with Gasteiger partial charge in [-0.25, -0.2) is 15.0 Å². The van der Waals surface area contributed by atoms with Gasteiger partial charge in [-0.2, -0.15) is 0 Å². The molecule has 0 N–H and O–H groups in total. The third-order valence-electron chi connectivity index (χ3n) is 4.63. The van der Waals surface area contributed by atoms with Crippen LogP contribution in [0.1, 0.15) is 19.2 Å². The molecule has 1 atom stereocenters. The molecule has 3 aromatic rings. The minimum atomic E-state index is 0.399. The summed E-state index contributed by atoms with van der Waals surface area (Å²) < 4.78 is 0. The van der Waals surface area contributed by atoms with Crippen molar-refractivity contribution in [2.45, 2.75) is 13.3 Å². The van der Waals surface area contributed by atoms with E-state index in [9.17, 15) is 0 Å². The number of aromatic nitrogens is 3. The fourth-order valence-corrected chi connectivity index (χ4v) is 3.18. The number of nitrogens with zero attached hydrogens (tertiary/aromatic N) is 3. The summed E-state index contributed by atoms with van der Waals surface area (Å²) >= 11 is 0. The monoisotopic (exact) mass is 337 g/mol. The van der Waals surface area contributed by atoms with E-state index in [1.165, 1.54) is 11.0 Å². The first-order valence-electron chi connectivity index (χ1n) is 8.96. The Balaban J connectivity index is 1.90. The fraction of sp³-hybridized carbons (Fsp3) is 0.136. The van der Waals surface area contributed by atoms with Gasteiger partial charge in [-0.3, -0.25) is 0 Å². The molecule has 0 bridgehead atoms. The van der Waals surface area contributed by atoms with Crippen LogP contribution in [0.4, 0.5) is 0 Å². The van der Waals surface area contributed by atoms with Crippen molar-refractivity contribution in [3.05, 3.63) is 78.6 Å². The normalized spacial score (nSPS) is 16.3. The lowest BCUT2D eigenvalue weighted by Crippen LogP contribution is -2.09. The Labute approximate surface area is 155 Å². The lowest BCUT2D eigenvalue weighted by molar-refractivity contribution is 0.747. The summed E-state index contributed by atoms with van der Waals surface area (Å²) in [5.41, 5.74) is 4.38. The molecule has 3 nitrogen and oxygen atoms in total. The van der Waals surface area contributed by atoms with Gasteiger partial charge < -0.3 is 0 Å². The molecule has 0 saturated heterocycles. The Bertz CT molecular complexity index is 993. The van der Waals surface area contributed by atoms with Crippen LogP contribution < -0.4 is 5.46 Å². The van der Waals surface area contributed by atoms with Gasteiger partial charge in [0.2, 0.25) is 0 Å². The maximum atomic E-state index is 4.82. The fourth-order valence-electron chi connectivity index (χ4n) is 3.18. The zero-order valence-corrected chi connectivity index (χ0v) is 15.1. The van der Waals surface area contributed by atoms with E-state index in [4.69, 9.17) is 15.0 Å². The lowest BCUT2D eigenvalue weighted by Gasteiger charge is -2.17. The highest BCUT2D eigenvalue weighted by Gasteiger charge is 2.18. The molecule has 4 heteroatoms. The van der Waals surface area contributed by atoms with Crippen LogP contribution >= 0.6 is 0 Å². The van der Waals surface area contributed by atoms with Gasteiger partial charge in [-0.15, -0.1) is 0 Å². The predicted octanol–water partition coefficient (Wildman–Crippen LogP) is 3.44. The van der Waals surface area contributed by atoms with E-state index < -0.39 is 0 Å². The van der Waals surface area contributed by atoms with Crippen LogP contribution in [0, 0.1) is 5.92 Å². The molecule has 126 valence electrons. The van der Waals surface area contributed by atoms with Crippen molar-refractivity contribution in [3.63, 3.8) is 0 Å². The highest BCUT2D eigenvalue weighted by atomic mass is 15.0. The van der Waals surface area contributed by atoms with Gasteiger partial charge in [0.1, 0.15) is 7.85 Å². The Morgan fingerprint density at radius 2 is 1.54 bits per heavy atom. The molecule has 0 radical (unpaired) electrons. The van der Waals surface area contributed by atoms with Crippen LogP contribution in [0.15, 0.2) is 72.8 Å². The van der Waals surface area contributed by atoms with E-state index in [0.29, 0.717) is 5.92 Å². The third-order valence-corrected chi connectivity index (χ3v) is 4.63. The minimum Gasteiger partial charge on any atom is -0.209 e. The second-order valence-electron chi connectivity index (χ2n) is 6.73. The van der Waals surface area contributed by atoms with Gasteiger partial charge in [0, 0.05) is 16.7 Å². The highest BCUT2D eigenvalue weighted by Crippen LogP contribution is 2.29. The number of benzene rings is 2. The lowest BCUT2D eigenvalue weighted by atomic mass is 9.92. The molecule has 4 rings (SSSR count). The zero-order chi connectivity index (χ0) is 17.9. The smallest absolute Gasteiger partial charge is 0.164 e. The predicted molar refractivity (Wildman–Crippen MR) is 110 cm³/mol. The minimum absolute atomic E-state index is 0.399. The van der Waals surface area contributed by atoms with Crippen LogP contribution in [0.2, 0.25) is 0 Å². The second-order valence-corrected chi connectivity index (χ2v) is 6.73. The maximum absolute atomic E-state index is 4.82. The number of rotatable bonds is 3. The summed E-state index contributed by atoms with van der Waals surface area (Å²) in [4.78, 5) is 14.4. The van der Waals surface area contributed by atoms with Gasteiger partial charge in [-0.05, 0) is 12.3 Å². The first-order chi connectivity index (χ1) is 12.7. The molecule has 0 spiro atoms. The van der Waals surface area contributed by atoms with Gasteiger partial charge in [0.05, 0.1) is 0 Å². The van der Waals surface area contributed by atoms with Crippen LogP contribution in [0.5, 0.6) is 0 Å². The standard InChI is InChI=1S/C22H20BN3/c1-15-8-5-6-13-19(15)22-25-20(16-9-3-2-4-10-16)24-21(26-22)17-11-7-12-18(23)14-17/h2-7,9-15H,8,23H2,1H3. The first kappa shape index (κ1) is 16.5. The Hall–Kier alpha value is -3.01. The average molecular weight is 337 g/mol. The van der Waals surface area contributed by atoms with E-state index in [2.05, 4.69) is 51.2 Å². The molecular formula is C22H20BN3. The van der Waals surface area contributed by atoms with E-state index >= 15 is 0 Å². The molecule has 1 aromatic heterocycles. The zero-order valence-electron chi connectivity index (χ0n) is 15.1. The van der Waals surface area contributed by atoms with Gasteiger partial charge in [0.25, 0.3) is 0 Å². The topological polar surface area (TPSA) is 38.7 Å². The van der Waals surface area contributed by atoms with Crippen LogP contribution in [-0.4, -0.2) is 22.8 Å². The number of hydrogen-bond acceptors (Lipinski definition) is 3. The SMILES string of the molecule is Bc1cccc(-c2nc(C3=CC=CCC3C)nc(-c3ccccc3)n2)c1. The van der Waals surface area contributed by atoms with Crippen LogP contribution in [0.25, 0.3) is 28.3 Å². The van der Waals surface area contributed by atoms with Crippen molar-refractivity contribution in [2.75, 3.05) is 0 Å². The highest BCUT2D eigenvalue weighted by molar-refractivity contribution is 6.32. The molecule has 1 unspecified atom stereocenters. The van der Waals surface area contributed by atoms with Crippen molar-refractivity contribution in [1.29, 1.82) is 0 Å².